The predicted octanol–water partition coefficient (Wildman–Crippen LogP) is 3.64. The van der Waals surface area contributed by atoms with Gasteiger partial charge in [-0.05, 0) is 55.5 Å². The van der Waals surface area contributed by atoms with Crippen molar-refractivity contribution in [3.8, 4) is 11.8 Å². The third-order valence-corrected chi connectivity index (χ3v) is 5.21. The molecule has 28 heavy (non-hydrogen) atoms. The number of amides is 1. The Hall–Kier alpha value is -2.99. The maximum atomic E-state index is 12.8. The minimum Gasteiger partial charge on any atom is -0.494 e. The number of carbonyl (C=O) groups excluding carboxylic acids is 1. The first-order chi connectivity index (χ1) is 13.3. The van der Waals surface area contributed by atoms with Crippen LogP contribution in [0.25, 0.3) is 0 Å². The molecule has 2 aromatic carbocycles. The number of ether oxygens (including phenoxy) is 1. The van der Waals surface area contributed by atoms with Crippen molar-refractivity contribution in [1.29, 1.82) is 5.26 Å². The van der Waals surface area contributed by atoms with Gasteiger partial charge in [0.2, 0.25) is 9.84 Å². The normalized spacial score (nSPS) is 11.1. The molecule has 0 bridgehead atoms. The number of rotatable bonds is 8. The first-order valence-corrected chi connectivity index (χ1v) is 9.89. The van der Waals surface area contributed by atoms with E-state index in [-0.39, 0.29) is 18.5 Å². The first-order valence-electron chi connectivity index (χ1n) is 8.35. The summed E-state index contributed by atoms with van der Waals surface area (Å²) in [6, 6.07) is 12.9. The zero-order chi connectivity index (χ0) is 20.7. The van der Waals surface area contributed by atoms with E-state index in [4.69, 9.17) is 10.00 Å². The van der Waals surface area contributed by atoms with E-state index < -0.39 is 26.4 Å². The molecule has 0 fully saturated rings. The second kappa shape index (κ2) is 9.28. The van der Waals surface area contributed by atoms with Crippen LogP contribution < -0.4 is 9.64 Å². The fourth-order valence-electron chi connectivity index (χ4n) is 2.44. The number of anilines is 1. The van der Waals surface area contributed by atoms with Crippen LogP contribution in [0.1, 0.15) is 23.7 Å². The molecule has 2 aromatic rings. The highest BCUT2D eigenvalue weighted by Crippen LogP contribution is 2.23. The van der Waals surface area contributed by atoms with Gasteiger partial charge in [0.05, 0.1) is 24.0 Å². The fourth-order valence-corrected chi connectivity index (χ4v) is 3.17. The van der Waals surface area contributed by atoms with Gasteiger partial charge in [0.25, 0.3) is 5.91 Å². The largest absolute Gasteiger partial charge is 0.494 e. The Kier molecular flexibility index (Phi) is 7.06. The van der Waals surface area contributed by atoms with E-state index in [9.17, 15) is 22.0 Å². The van der Waals surface area contributed by atoms with Crippen LogP contribution in [0.3, 0.4) is 0 Å². The molecule has 0 saturated carbocycles. The molecule has 0 aliphatic carbocycles. The maximum absolute atomic E-state index is 12.8. The second-order valence-electron chi connectivity index (χ2n) is 5.62. The summed E-state index contributed by atoms with van der Waals surface area (Å²) in [6.45, 7) is 2.44. The van der Waals surface area contributed by atoms with Gasteiger partial charge in [0.15, 0.2) is 0 Å². The number of benzene rings is 2. The van der Waals surface area contributed by atoms with Gasteiger partial charge in [-0.1, -0.05) is 0 Å². The van der Waals surface area contributed by atoms with Gasteiger partial charge >= 0.3 is 5.76 Å². The summed E-state index contributed by atoms with van der Waals surface area (Å²) >= 11 is 0. The molecule has 0 unspecified atom stereocenters. The molecule has 9 heteroatoms. The summed E-state index contributed by atoms with van der Waals surface area (Å²) in [6.07, 6.45) is 0.0802. The smallest absolute Gasteiger partial charge is 0.341 e. The standard InChI is InChI=1S/C19H18F2N2O4S/c1-2-27-16-8-6-15(7-9-16)23(13-3-12-22)18(24)14-4-10-17(11-5-14)28(25,26)19(20)21/h4-11,19H,2-3,13H2,1H3. The molecule has 0 atom stereocenters. The van der Waals surface area contributed by atoms with Crippen LogP contribution in [0.2, 0.25) is 0 Å². The summed E-state index contributed by atoms with van der Waals surface area (Å²) in [5.74, 6) is -3.40. The van der Waals surface area contributed by atoms with Crippen LogP contribution in [0.5, 0.6) is 5.75 Å². The zero-order valence-corrected chi connectivity index (χ0v) is 15.8. The Morgan fingerprint density at radius 1 is 1.14 bits per heavy atom. The lowest BCUT2D eigenvalue weighted by atomic mass is 10.1. The molecule has 0 aliphatic rings. The number of nitrogens with zero attached hydrogens (tertiary/aromatic N) is 2. The van der Waals surface area contributed by atoms with Gasteiger partial charge in [-0.2, -0.15) is 14.0 Å². The molecule has 0 heterocycles. The maximum Gasteiger partial charge on any atom is 0.341 e. The molecule has 0 spiro atoms. The topological polar surface area (TPSA) is 87.5 Å². The minimum atomic E-state index is -4.73. The Morgan fingerprint density at radius 3 is 2.25 bits per heavy atom. The Bertz CT molecular complexity index is 953. The molecular weight excluding hydrogens is 390 g/mol. The Morgan fingerprint density at radius 2 is 1.75 bits per heavy atom. The van der Waals surface area contributed by atoms with Gasteiger partial charge in [-0.15, -0.1) is 0 Å². The highest BCUT2D eigenvalue weighted by atomic mass is 32.2. The van der Waals surface area contributed by atoms with Crippen molar-refractivity contribution in [1.82, 2.24) is 0 Å². The SMILES string of the molecule is CCOc1ccc(N(CCC#N)C(=O)c2ccc(S(=O)(=O)C(F)F)cc2)cc1. The lowest BCUT2D eigenvalue weighted by Crippen LogP contribution is -2.31. The van der Waals surface area contributed by atoms with E-state index in [0.29, 0.717) is 18.0 Å². The Balaban J connectivity index is 2.31. The van der Waals surface area contributed by atoms with Crippen molar-refractivity contribution in [3.05, 3.63) is 54.1 Å². The number of hydrogen-bond acceptors (Lipinski definition) is 5. The second-order valence-corrected chi connectivity index (χ2v) is 7.54. The van der Waals surface area contributed by atoms with Crippen LogP contribution in [0.4, 0.5) is 14.5 Å². The van der Waals surface area contributed by atoms with Crippen LogP contribution >= 0.6 is 0 Å². The van der Waals surface area contributed by atoms with Gasteiger partial charge < -0.3 is 9.64 Å². The number of carbonyl (C=O) groups is 1. The summed E-state index contributed by atoms with van der Waals surface area (Å²) in [5.41, 5.74) is 0.632. The van der Waals surface area contributed by atoms with E-state index in [1.54, 1.807) is 24.3 Å². The van der Waals surface area contributed by atoms with Crippen molar-refractivity contribution in [2.24, 2.45) is 0 Å². The van der Waals surface area contributed by atoms with E-state index in [1.807, 2.05) is 13.0 Å². The average molecular weight is 408 g/mol. The van der Waals surface area contributed by atoms with Crippen LogP contribution in [0.15, 0.2) is 53.4 Å². The van der Waals surface area contributed by atoms with Gasteiger partial charge in [0, 0.05) is 17.8 Å². The fraction of sp³-hybridized carbons (Fsp3) is 0.263. The molecule has 0 saturated heterocycles. The summed E-state index contributed by atoms with van der Waals surface area (Å²) < 4.78 is 53.6. The van der Waals surface area contributed by atoms with E-state index >= 15 is 0 Å². The van der Waals surface area contributed by atoms with Gasteiger partial charge in [0.1, 0.15) is 5.75 Å². The molecule has 1 amide bonds. The van der Waals surface area contributed by atoms with Crippen molar-refractivity contribution in [3.63, 3.8) is 0 Å². The number of halogens is 2. The van der Waals surface area contributed by atoms with Crippen LogP contribution in [0, 0.1) is 11.3 Å². The first kappa shape index (κ1) is 21.3. The highest BCUT2D eigenvalue weighted by molar-refractivity contribution is 7.91. The molecule has 0 aliphatic heterocycles. The monoisotopic (exact) mass is 408 g/mol. The average Bonchev–Trinajstić information content (AvgIpc) is 2.69. The zero-order valence-electron chi connectivity index (χ0n) is 15.0. The molecule has 2 rings (SSSR count). The van der Waals surface area contributed by atoms with Crippen molar-refractivity contribution in [2.75, 3.05) is 18.1 Å². The molecule has 0 radical (unpaired) electrons. The number of nitriles is 1. The summed E-state index contributed by atoms with van der Waals surface area (Å²) in [5, 5.41) is 8.86. The molecular formula is C19H18F2N2O4S. The molecule has 0 aromatic heterocycles. The van der Waals surface area contributed by atoms with E-state index in [0.717, 1.165) is 12.1 Å². The van der Waals surface area contributed by atoms with Crippen molar-refractivity contribution < 1.29 is 26.7 Å². The molecule has 0 N–H and O–H groups in total. The quantitative estimate of drug-likeness (QED) is 0.665. The minimum absolute atomic E-state index is 0.0802. The van der Waals surface area contributed by atoms with E-state index in [1.165, 1.54) is 17.0 Å². The third kappa shape index (κ3) is 4.84. The molecule has 6 nitrogen and oxygen atoms in total. The number of hydrogen-bond donors (Lipinski definition) is 0. The lowest BCUT2D eigenvalue weighted by molar-refractivity contribution is 0.0987. The lowest BCUT2D eigenvalue weighted by Gasteiger charge is -2.22. The van der Waals surface area contributed by atoms with Gasteiger partial charge in [-0.25, -0.2) is 8.42 Å². The summed E-state index contributed by atoms with van der Waals surface area (Å²) in [7, 11) is -4.73. The highest BCUT2D eigenvalue weighted by Gasteiger charge is 2.27. The molecule has 148 valence electrons. The summed E-state index contributed by atoms with van der Waals surface area (Å²) in [4.78, 5) is 13.6. The third-order valence-electron chi connectivity index (χ3n) is 3.82. The van der Waals surface area contributed by atoms with E-state index in [2.05, 4.69) is 0 Å². The number of sulfone groups is 1. The Labute approximate surface area is 161 Å². The van der Waals surface area contributed by atoms with Gasteiger partial charge in [-0.3, -0.25) is 4.79 Å². The number of alkyl halides is 2. The van der Waals surface area contributed by atoms with Crippen LogP contribution in [-0.4, -0.2) is 33.2 Å². The van der Waals surface area contributed by atoms with Crippen molar-refractivity contribution >= 4 is 21.4 Å². The van der Waals surface area contributed by atoms with Crippen molar-refractivity contribution in [2.45, 2.75) is 24.0 Å². The van der Waals surface area contributed by atoms with Crippen LogP contribution in [-0.2, 0) is 9.84 Å². The predicted molar refractivity (Wildman–Crippen MR) is 99.1 cm³/mol.